The molecule has 0 heterocycles. The molecule has 12 heavy (non-hydrogen) atoms. The smallest absolute Gasteiger partial charge is 0.220 e. The lowest BCUT2D eigenvalue weighted by molar-refractivity contribution is -0.122. The van der Waals surface area contributed by atoms with E-state index in [0.29, 0.717) is 18.9 Å². The zero-order valence-electron chi connectivity index (χ0n) is 8.26. The highest BCUT2D eigenvalue weighted by atomic mass is 16.1. The third-order valence-electron chi connectivity index (χ3n) is 1.88. The molecule has 0 saturated heterocycles. The Hall–Kier alpha value is -0.570. The molecule has 0 saturated carbocycles. The summed E-state index contributed by atoms with van der Waals surface area (Å²) in [5.74, 6) is 0.525. The summed E-state index contributed by atoms with van der Waals surface area (Å²) in [7, 11) is 0. The van der Waals surface area contributed by atoms with Gasteiger partial charge in [-0.1, -0.05) is 20.8 Å². The van der Waals surface area contributed by atoms with Gasteiger partial charge in [0.2, 0.25) is 5.91 Å². The Morgan fingerprint density at radius 1 is 1.50 bits per heavy atom. The van der Waals surface area contributed by atoms with Crippen molar-refractivity contribution >= 4 is 5.91 Å². The molecule has 0 aliphatic heterocycles. The molecule has 0 aromatic carbocycles. The van der Waals surface area contributed by atoms with Gasteiger partial charge in [-0.3, -0.25) is 4.79 Å². The van der Waals surface area contributed by atoms with Gasteiger partial charge in [0, 0.05) is 19.0 Å². The number of amides is 1. The van der Waals surface area contributed by atoms with Gasteiger partial charge in [0.05, 0.1) is 0 Å². The topological polar surface area (TPSA) is 55.1 Å². The van der Waals surface area contributed by atoms with E-state index < -0.39 is 0 Å². The van der Waals surface area contributed by atoms with Gasteiger partial charge in [-0.2, -0.15) is 0 Å². The minimum atomic E-state index is 0.113. The van der Waals surface area contributed by atoms with Gasteiger partial charge in [-0.25, -0.2) is 0 Å². The largest absolute Gasteiger partial charge is 0.352 e. The van der Waals surface area contributed by atoms with E-state index in [4.69, 9.17) is 5.73 Å². The van der Waals surface area contributed by atoms with E-state index in [9.17, 15) is 4.79 Å². The number of hydrogen-bond donors (Lipinski definition) is 2. The van der Waals surface area contributed by atoms with Crippen LogP contribution in [0.2, 0.25) is 0 Å². The first-order chi connectivity index (χ1) is 5.61. The fraction of sp³-hybridized carbons (Fsp3) is 0.889. The summed E-state index contributed by atoms with van der Waals surface area (Å²) in [5.41, 5.74) is 5.50. The quantitative estimate of drug-likeness (QED) is 0.647. The molecule has 0 aromatic rings. The van der Waals surface area contributed by atoms with Gasteiger partial charge in [-0.05, 0) is 12.3 Å². The van der Waals surface area contributed by atoms with E-state index in [-0.39, 0.29) is 11.9 Å². The van der Waals surface area contributed by atoms with E-state index in [0.717, 1.165) is 6.42 Å². The van der Waals surface area contributed by atoms with Crippen LogP contribution in [0, 0.1) is 5.92 Å². The van der Waals surface area contributed by atoms with Crippen molar-refractivity contribution in [3.05, 3.63) is 0 Å². The highest BCUT2D eigenvalue weighted by Crippen LogP contribution is 2.00. The Bertz CT molecular complexity index is 134. The summed E-state index contributed by atoms with van der Waals surface area (Å²) in [4.78, 5) is 11.2. The summed E-state index contributed by atoms with van der Waals surface area (Å²) in [6.45, 7) is 6.63. The van der Waals surface area contributed by atoms with Crippen molar-refractivity contribution in [2.24, 2.45) is 11.7 Å². The van der Waals surface area contributed by atoms with Gasteiger partial charge in [0.1, 0.15) is 0 Å². The predicted molar refractivity (Wildman–Crippen MR) is 50.7 cm³/mol. The fourth-order valence-electron chi connectivity index (χ4n) is 1.00. The molecule has 0 spiro atoms. The molecule has 0 fully saturated rings. The normalized spacial score (nSPS) is 13.1. The van der Waals surface area contributed by atoms with Crippen molar-refractivity contribution in [1.29, 1.82) is 0 Å². The number of nitrogens with one attached hydrogen (secondary N) is 1. The zero-order valence-corrected chi connectivity index (χ0v) is 8.26. The van der Waals surface area contributed by atoms with Gasteiger partial charge >= 0.3 is 0 Å². The van der Waals surface area contributed by atoms with E-state index in [2.05, 4.69) is 19.2 Å². The van der Waals surface area contributed by atoms with Crippen LogP contribution in [-0.2, 0) is 4.79 Å². The first kappa shape index (κ1) is 11.4. The first-order valence-electron chi connectivity index (χ1n) is 4.61. The molecule has 0 bridgehead atoms. The molecule has 0 aliphatic rings. The molecule has 3 heteroatoms. The van der Waals surface area contributed by atoms with E-state index >= 15 is 0 Å². The van der Waals surface area contributed by atoms with Crippen molar-refractivity contribution < 1.29 is 4.79 Å². The Morgan fingerprint density at radius 2 is 2.08 bits per heavy atom. The Kier molecular flexibility index (Phi) is 5.72. The number of carbonyl (C=O) groups excluding carboxylic acids is 1. The molecule has 3 N–H and O–H groups in total. The van der Waals surface area contributed by atoms with Crippen LogP contribution in [0.15, 0.2) is 0 Å². The van der Waals surface area contributed by atoms with Crippen molar-refractivity contribution in [3.8, 4) is 0 Å². The van der Waals surface area contributed by atoms with Crippen molar-refractivity contribution in [1.82, 2.24) is 5.32 Å². The Morgan fingerprint density at radius 3 is 2.42 bits per heavy atom. The maximum Gasteiger partial charge on any atom is 0.220 e. The molecule has 0 radical (unpaired) electrons. The minimum Gasteiger partial charge on any atom is -0.352 e. The molecule has 0 aliphatic carbocycles. The van der Waals surface area contributed by atoms with Crippen molar-refractivity contribution in [3.63, 3.8) is 0 Å². The van der Waals surface area contributed by atoms with Crippen LogP contribution < -0.4 is 11.1 Å². The van der Waals surface area contributed by atoms with Crippen LogP contribution in [0.4, 0.5) is 0 Å². The molecular formula is C9H20N2O. The van der Waals surface area contributed by atoms with E-state index in [1.54, 1.807) is 0 Å². The minimum absolute atomic E-state index is 0.113. The van der Waals surface area contributed by atoms with E-state index in [1.165, 1.54) is 0 Å². The SMILES string of the molecule is CCCC(=O)NC(CN)C(C)C. The van der Waals surface area contributed by atoms with Gasteiger partial charge in [0.25, 0.3) is 0 Å². The van der Waals surface area contributed by atoms with Crippen LogP contribution in [0.3, 0.4) is 0 Å². The van der Waals surface area contributed by atoms with Crippen LogP contribution in [-0.4, -0.2) is 18.5 Å². The van der Waals surface area contributed by atoms with Crippen molar-refractivity contribution in [2.75, 3.05) is 6.54 Å². The summed E-state index contributed by atoms with van der Waals surface area (Å²) in [6, 6.07) is 0.129. The molecule has 0 rings (SSSR count). The predicted octanol–water partition coefficient (Wildman–Crippen LogP) is 0.886. The van der Waals surface area contributed by atoms with Gasteiger partial charge in [-0.15, -0.1) is 0 Å². The summed E-state index contributed by atoms with van der Waals surface area (Å²) in [6.07, 6.45) is 1.49. The third-order valence-corrected chi connectivity index (χ3v) is 1.88. The van der Waals surface area contributed by atoms with E-state index in [1.807, 2.05) is 6.92 Å². The average Bonchev–Trinajstić information content (AvgIpc) is 2.00. The number of rotatable bonds is 5. The Labute approximate surface area is 74.7 Å². The van der Waals surface area contributed by atoms with Gasteiger partial charge < -0.3 is 11.1 Å². The summed E-state index contributed by atoms with van der Waals surface area (Å²) in [5, 5.41) is 2.90. The maximum atomic E-state index is 11.2. The Balaban J connectivity index is 3.77. The summed E-state index contributed by atoms with van der Waals surface area (Å²) >= 11 is 0. The third kappa shape index (κ3) is 4.34. The zero-order chi connectivity index (χ0) is 9.56. The lowest BCUT2D eigenvalue weighted by Gasteiger charge is -2.20. The van der Waals surface area contributed by atoms with Crippen LogP contribution in [0.1, 0.15) is 33.6 Å². The van der Waals surface area contributed by atoms with Crippen LogP contribution in [0.25, 0.3) is 0 Å². The van der Waals surface area contributed by atoms with Crippen molar-refractivity contribution in [2.45, 2.75) is 39.7 Å². The lowest BCUT2D eigenvalue weighted by atomic mass is 10.0. The fourth-order valence-corrected chi connectivity index (χ4v) is 1.00. The molecule has 72 valence electrons. The monoisotopic (exact) mass is 172 g/mol. The number of nitrogens with two attached hydrogens (primary N) is 1. The number of hydrogen-bond acceptors (Lipinski definition) is 2. The lowest BCUT2D eigenvalue weighted by Crippen LogP contribution is -2.43. The van der Waals surface area contributed by atoms with Gasteiger partial charge in [0.15, 0.2) is 0 Å². The molecular weight excluding hydrogens is 152 g/mol. The van der Waals surface area contributed by atoms with Crippen LogP contribution in [0.5, 0.6) is 0 Å². The standard InChI is InChI=1S/C9H20N2O/c1-4-5-9(12)11-8(6-10)7(2)3/h7-8H,4-6,10H2,1-3H3,(H,11,12). The second kappa shape index (κ2) is 6.00. The molecule has 0 aromatic heterocycles. The highest BCUT2D eigenvalue weighted by molar-refractivity contribution is 5.76. The molecule has 1 amide bonds. The summed E-state index contributed by atoms with van der Waals surface area (Å²) < 4.78 is 0. The molecule has 1 unspecified atom stereocenters. The average molecular weight is 172 g/mol. The second-order valence-corrected chi connectivity index (χ2v) is 3.40. The second-order valence-electron chi connectivity index (χ2n) is 3.40. The molecule has 1 atom stereocenters. The first-order valence-corrected chi connectivity index (χ1v) is 4.61. The highest BCUT2D eigenvalue weighted by Gasteiger charge is 2.12. The molecule has 3 nitrogen and oxygen atoms in total. The number of carbonyl (C=O) groups is 1. The maximum absolute atomic E-state index is 11.2. The van der Waals surface area contributed by atoms with Crippen LogP contribution >= 0.6 is 0 Å².